The number of fused-ring (bicyclic) bond motifs is 1. The van der Waals surface area contributed by atoms with Gasteiger partial charge in [-0.15, -0.1) is 0 Å². The van der Waals surface area contributed by atoms with E-state index in [4.69, 9.17) is 0 Å². The molecule has 0 spiro atoms. The molecule has 2 N–H and O–H groups in total. The topological polar surface area (TPSA) is 89.2 Å². The molecule has 0 unspecified atom stereocenters. The van der Waals surface area contributed by atoms with Crippen molar-refractivity contribution < 1.29 is 13.2 Å². The molecular formula is C12H11F3N6O. The molecule has 1 saturated heterocycles. The molecule has 2 aromatic rings. The van der Waals surface area contributed by atoms with Crippen LogP contribution in [0.15, 0.2) is 11.0 Å². The molecule has 0 aromatic carbocycles. The lowest BCUT2D eigenvalue weighted by Crippen LogP contribution is -2.44. The van der Waals surface area contributed by atoms with Gasteiger partial charge in [0.15, 0.2) is 5.65 Å². The fourth-order valence-corrected chi connectivity index (χ4v) is 2.42. The summed E-state index contributed by atoms with van der Waals surface area (Å²) in [4.78, 5) is 17.4. The molecule has 1 aliphatic heterocycles. The molecule has 0 radical (unpaired) electrons. The van der Waals surface area contributed by atoms with Crippen LogP contribution in [0.25, 0.3) is 5.65 Å². The van der Waals surface area contributed by atoms with Crippen molar-refractivity contribution in [3.05, 3.63) is 27.7 Å². The Morgan fingerprint density at radius 1 is 1.32 bits per heavy atom. The molecule has 3 heterocycles. The van der Waals surface area contributed by atoms with Crippen LogP contribution in [0, 0.1) is 11.3 Å². The van der Waals surface area contributed by atoms with Gasteiger partial charge >= 0.3 is 6.18 Å². The van der Waals surface area contributed by atoms with E-state index in [9.17, 15) is 23.2 Å². The summed E-state index contributed by atoms with van der Waals surface area (Å²) in [6.45, 7) is 2.50. The van der Waals surface area contributed by atoms with E-state index in [0.717, 1.165) is 0 Å². The highest BCUT2D eigenvalue weighted by Gasteiger charge is 2.36. The molecule has 116 valence electrons. The van der Waals surface area contributed by atoms with Gasteiger partial charge in [0.1, 0.15) is 23.0 Å². The summed E-state index contributed by atoms with van der Waals surface area (Å²) in [5.41, 5.74) is -2.68. The van der Waals surface area contributed by atoms with E-state index in [1.165, 1.54) is 0 Å². The number of aromatic amines is 1. The summed E-state index contributed by atoms with van der Waals surface area (Å²) >= 11 is 0. The number of aromatic nitrogens is 3. The van der Waals surface area contributed by atoms with E-state index in [2.05, 4.69) is 15.4 Å². The Morgan fingerprint density at radius 3 is 2.59 bits per heavy atom. The maximum Gasteiger partial charge on any atom is 0.423 e. The van der Waals surface area contributed by atoms with Crippen LogP contribution in [-0.4, -0.2) is 40.8 Å². The number of rotatable bonds is 1. The van der Waals surface area contributed by atoms with Gasteiger partial charge in [0, 0.05) is 32.4 Å². The molecular weight excluding hydrogens is 301 g/mol. The maximum absolute atomic E-state index is 12.8. The number of anilines is 1. The first-order valence-electron chi connectivity index (χ1n) is 6.50. The fourth-order valence-electron chi connectivity index (χ4n) is 2.42. The van der Waals surface area contributed by atoms with Crippen LogP contribution in [0.2, 0.25) is 0 Å². The highest BCUT2D eigenvalue weighted by molar-refractivity contribution is 5.68. The lowest BCUT2D eigenvalue weighted by atomic mass is 10.2. The van der Waals surface area contributed by atoms with E-state index in [0.29, 0.717) is 42.7 Å². The number of nitrogens with one attached hydrogen (secondary N) is 2. The van der Waals surface area contributed by atoms with Crippen LogP contribution in [0.1, 0.15) is 11.1 Å². The lowest BCUT2D eigenvalue weighted by molar-refractivity contribution is -0.139. The molecule has 0 amide bonds. The van der Waals surface area contributed by atoms with Crippen LogP contribution in [0.3, 0.4) is 0 Å². The molecule has 7 nitrogen and oxygen atoms in total. The monoisotopic (exact) mass is 312 g/mol. The van der Waals surface area contributed by atoms with Crippen LogP contribution in [0.4, 0.5) is 19.0 Å². The van der Waals surface area contributed by atoms with Crippen molar-refractivity contribution in [1.29, 1.82) is 5.26 Å². The Labute approximate surface area is 122 Å². The van der Waals surface area contributed by atoms with E-state index in [-0.39, 0.29) is 11.2 Å². The van der Waals surface area contributed by atoms with E-state index in [1.807, 2.05) is 6.07 Å². The minimum absolute atomic E-state index is 0.0627. The number of nitriles is 1. The molecule has 3 rings (SSSR count). The van der Waals surface area contributed by atoms with Crippen molar-refractivity contribution in [2.45, 2.75) is 6.18 Å². The van der Waals surface area contributed by atoms with Crippen LogP contribution >= 0.6 is 0 Å². The zero-order valence-corrected chi connectivity index (χ0v) is 11.2. The standard InChI is InChI=1S/C12H11F3N6O/c13-12(14,15)8-6-18-9-7(5-16)10(19-21(9)11(8)22)20-3-1-17-2-4-20/h6,17,19H,1-4H2. The predicted octanol–water partition coefficient (Wildman–Crippen LogP) is 0.323. The highest BCUT2D eigenvalue weighted by Crippen LogP contribution is 2.27. The van der Waals surface area contributed by atoms with Crippen molar-refractivity contribution in [2.24, 2.45) is 0 Å². The summed E-state index contributed by atoms with van der Waals surface area (Å²) in [6.07, 6.45) is -4.33. The second kappa shape index (κ2) is 5.03. The van der Waals surface area contributed by atoms with Crippen LogP contribution in [0.5, 0.6) is 0 Å². The first-order valence-corrected chi connectivity index (χ1v) is 6.50. The SMILES string of the molecule is N#Cc1c(N2CCNCC2)[nH]n2c(=O)c(C(F)(F)F)cnc12. The average molecular weight is 312 g/mol. The van der Waals surface area contributed by atoms with Crippen molar-refractivity contribution in [1.82, 2.24) is 19.9 Å². The number of halogens is 3. The Morgan fingerprint density at radius 2 is 2.00 bits per heavy atom. The van der Waals surface area contributed by atoms with Gasteiger partial charge in [-0.1, -0.05) is 0 Å². The third-order valence-electron chi connectivity index (χ3n) is 3.49. The Kier molecular flexibility index (Phi) is 3.29. The van der Waals surface area contributed by atoms with Gasteiger partial charge in [-0.25, -0.2) is 4.98 Å². The van der Waals surface area contributed by atoms with Gasteiger partial charge < -0.3 is 10.2 Å². The first-order chi connectivity index (χ1) is 10.4. The minimum Gasteiger partial charge on any atom is -0.353 e. The molecule has 1 aliphatic rings. The number of piperazine rings is 1. The maximum atomic E-state index is 12.8. The van der Waals surface area contributed by atoms with Crippen molar-refractivity contribution in [3.63, 3.8) is 0 Å². The highest BCUT2D eigenvalue weighted by atomic mass is 19.4. The lowest BCUT2D eigenvalue weighted by Gasteiger charge is -2.27. The largest absolute Gasteiger partial charge is 0.423 e. The third-order valence-corrected chi connectivity index (χ3v) is 3.49. The molecule has 0 saturated carbocycles. The van der Waals surface area contributed by atoms with Gasteiger partial charge in [0.05, 0.1) is 0 Å². The van der Waals surface area contributed by atoms with Crippen LogP contribution < -0.4 is 15.8 Å². The summed E-state index contributed by atoms with van der Waals surface area (Å²) in [6, 6.07) is 1.90. The number of nitrogens with zero attached hydrogens (tertiary/aromatic N) is 4. The molecule has 1 fully saturated rings. The Balaban J connectivity index is 2.21. The number of H-pyrrole nitrogens is 1. The molecule has 0 bridgehead atoms. The van der Waals surface area contributed by atoms with Crippen molar-refractivity contribution in [2.75, 3.05) is 31.1 Å². The third kappa shape index (κ3) is 2.19. The van der Waals surface area contributed by atoms with Crippen molar-refractivity contribution in [3.8, 4) is 6.07 Å². The predicted molar refractivity (Wildman–Crippen MR) is 70.6 cm³/mol. The van der Waals surface area contributed by atoms with E-state index >= 15 is 0 Å². The van der Waals surface area contributed by atoms with Gasteiger partial charge in [0.25, 0.3) is 5.56 Å². The number of hydrogen-bond acceptors (Lipinski definition) is 5. The molecule has 10 heteroatoms. The zero-order chi connectivity index (χ0) is 15.9. The second-order valence-corrected chi connectivity index (χ2v) is 4.82. The van der Waals surface area contributed by atoms with Gasteiger partial charge in [-0.05, 0) is 0 Å². The molecule has 0 aliphatic carbocycles. The summed E-state index contributed by atoms with van der Waals surface area (Å²) in [5, 5.41) is 15.0. The Hall–Kier alpha value is -2.54. The summed E-state index contributed by atoms with van der Waals surface area (Å²) in [5.74, 6) is 0.313. The van der Waals surface area contributed by atoms with Gasteiger partial charge in [-0.3, -0.25) is 9.89 Å². The first kappa shape index (κ1) is 14.4. The Bertz CT molecular complexity index is 809. The fraction of sp³-hybridized carbons (Fsp3) is 0.417. The molecule has 22 heavy (non-hydrogen) atoms. The smallest absolute Gasteiger partial charge is 0.353 e. The normalized spacial score (nSPS) is 16.0. The number of hydrogen-bond donors (Lipinski definition) is 2. The molecule has 0 atom stereocenters. The minimum atomic E-state index is -4.79. The van der Waals surface area contributed by atoms with E-state index in [1.54, 1.807) is 4.90 Å². The van der Waals surface area contributed by atoms with Crippen LogP contribution in [-0.2, 0) is 6.18 Å². The number of alkyl halides is 3. The van der Waals surface area contributed by atoms with Gasteiger partial charge in [0.2, 0.25) is 0 Å². The summed E-state index contributed by atoms with van der Waals surface area (Å²) in [7, 11) is 0. The average Bonchev–Trinajstić information content (AvgIpc) is 2.86. The molecule has 2 aromatic heterocycles. The van der Waals surface area contributed by atoms with Gasteiger partial charge in [-0.2, -0.15) is 22.9 Å². The quantitative estimate of drug-likeness (QED) is 0.792. The summed E-state index contributed by atoms with van der Waals surface area (Å²) < 4.78 is 39.0. The van der Waals surface area contributed by atoms with E-state index < -0.39 is 17.3 Å². The zero-order valence-electron chi connectivity index (χ0n) is 11.2. The second-order valence-electron chi connectivity index (χ2n) is 4.82. The van der Waals surface area contributed by atoms with Crippen molar-refractivity contribution >= 4 is 11.5 Å².